The van der Waals surface area contributed by atoms with Crippen molar-refractivity contribution in [3.05, 3.63) is 107 Å². The van der Waals surface area contributed by atoms with E-state index < -0.39 is 35.8 Å². The summed E-state index contributed by atoms with van der Waals surface area (Å²) < 4.78 is 5.74. The molecule has 0 aromatic heterocycles. The molecule has 3 aliphatic heterocycles. The number of fused-ring (bicyclic) bond motifs is 2. The summed E-state index contributed by atoms with van der Waals surface area (Å²) in [6.45, 7) is 5.75. The molecule has 45 heavy (non-hydrogen) atoms. The Morgan fingerprint density at radius 2 is 1.42 bits per heavy atom. The maximum Gasteiger partial charge on any atom is 0.415 e. The van der Waals surface area contributed by atoms with Crippen molar-refractivity contribution in [1.82, 2.24) is 9.80 Å². The van der Waals surface area contributed by atoms with Crippen molar-refractivity contribution >= 4 is 35.1 Å². The number of hydrogen-bond acceptors (Lipinski definition) is 5. The summed E-state index contributed by atoms with van der Waals surface area (Å²) in [5.74, 6) is -1.70. The zero-order valence-electron chi connectivity index (χ0n) is 25.7. The number of anilines is 1. The van der Waals surface area contributed by atoms with Gasteiger partial charge in [0.2, 0.25) is 11.8 Å². The van der Waals surface area contributed by atoms with Gasteiger partial charge in [-0.05, 0) is 67.2 Å². The molecule has 9 heteroatoms. The lowest BCUT2D eigenvalue weighted by Gasteiger charge is -2.39. The summed E-state index contributed by atoms with van der Waals surface area (Å²) in [5.41, 5.74) is 4.35. The minimum absolute atomic E-state index is 0.169. The molecule has 0 bridgehead atoms. The molecule has 3 amide bonds. The van der Waals surface area contributed by atoms with Crippen LogP contribution < -0.4 is 4.90 Å². The van der Waals surface area contributed by atoms with Crippen LogP contribution in [0.1, 0.15) is 49.4 Å². The number of amides is 3. The number of carboxylic acids is 1. The molecule has 232 valence electrons. The van der Waals surface area contributed by atoms with Crippen molar-refractivity contribution in [2.24, 2.45) is 0 Å². The summed E-state index contributed by atoms with van der Waals surface area (Å²) in [7, 11) is 0. The Bertz CT molecular complexity index is 1680. The van der Waals surface area contributed by atoms with Crippen LogP contribution in [-0.2, 0) is 38.5 Å². The van der Waals surface area contributed by atoms with Gasteiger partial charge in [-0.3, -0.25) is 19.3 Å². The average molecular weight is 608 g/mol. The van der Waals surface area contributed by atoms with E-state index in [0.29, 0.717) is 12.1 Å². The molecule has 3 aromatic carbocycles. The Hall–Kier alpha value is -4.92. The van der Waals surface area contributed by atoms with Gasteiger partial charge in [0.15, 0.2) is 0 Å². The van der Waals surface area contributed by atoms with Crippen LogP contribution in [0.2, 0.25) is 0 Å². The Labute approximate surface area is 262 Å². The molecule has 0 fully saturated rings. The molecule has 1 N–H and O–H groups in total. The molecule has 0 saturated heterocycles. The van der Waals surface area contributed by atoms with E-state index in [4.69, 9.17) is 4.74 Å². The van der Waals surface area contributed by atoms with Crippen molar-refractivity contribution in [1.29, 1.82) is 0 Å². The molecule has 6 rings (SSSR count). The highest BCUT2D eigenvalue weighted by molar-refractivity contribution is 6.03. The molecule has 0 unspecified atom stereocenters. The highest BCUT2D eigenvalue weighted by Gasteiger charge is 2.47. The highest BCUT2D eigenvalue weighted by atomic mass is 16.6. The van der Waals surface area contributed by atoms with Crippen molar-refractivity contribution in [3.8, 4) is 0 Å². The summed E-state index contributed by atoms with van der Waals surface area (Å²) in [5, 5.41) is 9.74. The molecular formula is C36H37N3O6. The number of aliphatic carboxylic acids is 1. The van der Waals surface area contributed by atoms with E-state index in [0.717, 1.165) is 27.8 Å². The van der Waals surface area contributed by atoms with Crippen molar-refractivity contribution in [2.45, 2.75) is 70.3 Å². The van der Waals surface area contributed by atoms with E-state index in [1.807, 2.05) is 78.9 Å². The summed E-state index contributed by atoms with van der Waals surface area (Å²) >= 11 is 0. The third-order valence-electron chi connectivity index (χ3n) is 8.62. The molecule has 3 aliphatic rings. The van der Waals surface area contributed by atoms with E-state index in [-0.39, 0.29) is 37.7 Å². The predicted molar refractivity (Wildman–Crippen MR) is 169 cm³/mol. The summed E-state index contributed by atoms with van der Waals surface area (Å²) in [6.07, 6.45) is 1.67. The van der Waals surface area contributed by atoms with Gasteiger partial charge in [0, 0.05) is 25.6 Å². The average Bonchev–Trinajstić information content (AvgIpc) is 3.62. The fourth-order valence-electron chi connectivity index (χ4n) is 6.59. The molecule has 0 spiro atoms. The van der Waals surface area contributed by atoms with Gasteiger partial charge >= 0.3 is 12.1 Å². The number of carbonyl (C=O) groups excluding carboxylic acids is 3. The topological polar surface area (TPSA) is 107 Å². The first-order chi connectivity index (χ1) is 21.5. The lowest BCUT2D eigenvalue weighted by atomic mass is 9.91. The maximum absolute atomic E-state index is 14.6. The van der Waals surface area contributed by atoms with Crippen LogP contribution in [0.25, 0.3) is 5.57 Å². The number of carboxylic acid groups (broad SMARTS) is 1. The van der Waals surface area contributed by atoms with Crippen LogP contribution in [-0.4, -0.2) is 69.1 Å². The standard InChI is InChI=1S/C36H37N3O6/c1-36(2,3)45-35(44)39-29-16-10-9-14-25(29)18-31(39)34(43)38-22-27(23-11-5-4-6-12-23)19-30(38)33(42)37-21-26-15-8-7-13-24(26)17-28(37)20-32(40)41/h4-16,19,28,30-31H,17-18,20-22H2,1-3H3,(H,40,41)/t28-,30-,31-/m1/s1. The van der Waals surface area contributed by atoms with Gasteiger partial charge in [-0.1, -0.05) is 72.8 Å². The highest BCUT2D eigenvalue weighted by Crippen LogP contribution is 2.37. The first kappa shape index (κ1) is 30.1. The monoisotopic (exact) mass is 607 g/mol. The van der Waals surface area contributed by atoms with Crippen molar-refractivity contribution < 1.29 is 29.0 Å². The van der Waals surface area contributed by atoms with Gasteiger partial charge in [-0.25, -0.2) is 4.79 Å². The number of para-hydroxylation sites is 1. The van der Waals surface area contributed by atoms with Gasteiger partial charge in [0.1, 0.15) is 17.7 Å². The summed E-state index contributed by atoms with van der Waals surface area (Å²) in [4.78, 5) is 59.1. The third-order valence-corrected chi connectivity index (χ3v) is 8.62. The van der Waals surface area contributed by atoms with Crippen LogP contribution in [0.4, 0.5) is 10.5 Å². The predicted octanol–water partition coefficient (Wildman–Crippen LogP) is 5.08. The first-order valence-electron chi connectivity index (χ1n) is 15.3. The number of rotatable bonds is 5. The van der Waals surface area contributed by atoms with Gasteiger partial charge in [-0.2, -0.15) is 0 Å². The Morgan fingerprint density at radius 3 is 2.11 bits per heavy atom. The zero-order chi connectivity index (χ0) is 31.9. The van der Waals surface area contributed by atoms with Crippen molar-refractivity contribution in [3.63, 3.8) is 0 Å². The second kappa shape index (κ2) is 11.9. The van der Waals surface area contributed by atoms with Gasteiger partial charge < -0.3 is 19.6 Å². The Morgan fingerprint density at radius 1 is 0.778 bits per heavy atom. The molecule has 0 aliphatic carbocycles. The lowest BCUT2D eigenvalue weighted by molar-refractivity contribution is -0.147. The summed E-state index contributed by atoms with van der Waals surface area (Å²) in [6, 6.07) is 22.2. The van der Waals surface area contributed by atoms with Crippen LogP contribution in [0.3, 0.4) is 0 Å². The number of nitrogens with zero attached hydrogens (tertiary/aromatic N) is 3. The lowest BCUT2D eigenvalue weighted by Crippen LogP contribution is -2.57. The van der Waals surface area contributed by atoms with E-state index in [1.54, 1.807) is 31.7 Å². The molecular weight excluding hydrogens is 570 g/mol. The molecule has 3 aromatic rings. The van der Waals surface area contributed by atoms with E-state index >= 15 is 0 Å². The second-order valence-electron chi connectivity index (χ2n) is 12.9. The number of carbonyl (C=O) groups is 4. The van der Waals surface area contributed by atoms with Crippen LogP contribution in [0.15, 0.2) is 84.9 Å². The van der Waals surface area contributed by atoms with Gasteiger partial charge in [0.25, 0.3) is 0 Å². The van der Waals surface area contributed by atoms with E-state index in [1.165, 1.54) is 9.80 Å². The fourth-order valence-corrected chi connectivity index (χ4v) is 6.59. The number of hydrogen-bond donors (Lipinski definition) is 1. The number of ether oxygens (including phenoxy) is 1. The largest absolute Gasteiger partial charge is 0.481 e. The zero-order valence-corrected chi connectivity index (χ0v) is 25.7. The van der Waals surface area contributed by atoms with Gasteiger partial charge in [0.05, 0.1) is 12.1 Å². The maximum atomic E-state index is 14.6. The van der Waals surface area contributed by atoms with Crippen LogP contribution in [0, 0.1) is 0 Å². The number of benzene rings is 3. The Kier molecular flexibility index (Phi) is 7.95. The fraction of sp³-hybridized carbons (Fsp3) is 0.333. The van der Waals surface area contributed by atoms with Crippen LogP contribution >= 0.6 is 0 Å². The van der Waals surface area contributed by atoms with Gasteiger partial charge in [-0.15, -0.1) is 0 Å². The minimum Gasteiger partial charge on any atom is -0.481 e. The second-order valence-corrected chi connectivity index (χ2v) is 12.9. The Balaban J connectivity index is 1.36. The van der Waals surface area contributed by atoms with E-state index in [9.17, 15) is 24.3 Å². The first-order valence-corrected chi connectivity index (χ1v) is 15.3. The molecule has 9 nitrogen and oxygen atoms in total. The van der Waals surface area contributed by atoms with Crippen LogP contribution in [0.5, 0.6) is 0 Å². The normalized spacial score (nSPS) is 20.7. The molecule has 0 radical (unpaired) electrons. The third kappa shape index (κ3) is 6.07. The van der Waals surface area contributed by atoms with E-state index in [2.05, 4.69) is 0 Å². The van der Waals surface area contributed by atoms with Crippen molar-refractivity contribution in [2.75, 3.05) is 11.4 Å². The smallest absolute Gasteiger partial charge is 0.415 e. The SMILES string of the molecule is CC(C)(C)OC(=O)N1c2ccccc2C[C@@H]1C(=O)N1CC(c2ccccc2)=C[C@@H]1C(=O)N1Cc2ccccc2C[C@@H]1CC(=O)O. The molecule has 0 saturated carbocycles. The quantitative estimate of drug-likeness (QED) is 0.434. The molecule has 3 heterocycles. The molecule has 3 atom stereocenters. The minimum atomic E-state index is -0.992.